The van der Waals surface area contributed by atoms with Gasteiger partial charge >= 0.3 is 0 Å². The first-order valence-corrected chi connectivity index (χ1v) is 15.1. The third-order valence-corrected chi connectivity index (χ3v) is 9.74. The third kappa shape index (κ3) is 5.77. The smallest absolute Gasteiger partial charge is 0.243 e. The molecule has 0 atom stereocenters. The van der Waals surface area contributed by atoms with Crippen molar-refractivity contribution in [1.82, 2.24) is 19.1 Å². The summed E-state index contributed by atoms with van der Waals surface area (Å²) in [6.45, 7) is 3.89. The van der Waals surface area contributed by atoms with Gasteiger partial charge in [0.15, 0.2) is 5.13 Å². The van der Waals surface area contributed by atoms with Gasteiger partial charge < -0.3 is 9.47 Å². The SMILES string of the molecule is CCOc1cccc2sc(N(CCn3cccn3)C(=O)C3CCN(S(=O)(=O)c4ccc(OC)cc4)CC3)nc12. The van der Waals surface area contributed by atoms with Crippen LogP contribution in [0, 0.1) is 5.92 Å². The average Bonchev–Trinajstić information content (AvgIpc) is 3.64. The molecule has 1 aliphatic rings. The number of amides is 1. The monoisotopic (exact) mass is 569 g/mol. The van der Waals surface area contributed by atoms with Crippen LogP contribution in [0.2, 0.25) is 0 Å². The minimum Gasteiger partial charge on any atom is -0.497 e. The van der Waals surface area contributed by atoms with Crippen LogP contribution in [0.4, 0.5) is 5.13 Å². The van der Waals surface area contributed by atoms with Crippen LogP contribution in [-0.2, 0) is 21.4 Å². The maximum Gasteiger partial charge on any atom is 0.243 e. The first kappa shape index (κ1) is 27.1. The van der Waals surface area contributed by atoms with Gasteiger partial charge in [0, 0.05) is 37.9 Å². The van der Waals surface area contributed by atoms with Gasteiger partial charge in [0.1, 0.15) is 17.0 Å². The summed E-state index contributed by atoms with van der Waals surface area (Å²) in [4.78, 5) is 20.6. The Balaban J connectivity index is 1.34. The molecule has 1 fully saturated rings. The number of para-hydroxylation sites is 1. The Morgan fingerprint density at radius 3 is 2.56 bits per heavy atom. The van der Waals surface area contributed by atoms with Crippen molar-refractivity contribution in [2.24, 2.45) is 5.92 Å². The van der Waals surface area contributed by atoms with Crippen LogP contribution in [0.15, 0.2) is 65.8 Å². The minimum absolute atomic E-state index is 0.0549. The molecule has 1 aliphatic heterocycles. The van der Waals surface area contributed by atoms with E-state index in [0.29, 0.717) is 49.2 Å². The number of nitrogens with zero attached hydrogens (tertiary/aromatic N) is 5. The molecule has 0 unspecified atom stereocenters. The van der Waals surface area contributed by atoms with E-state index in [1.54, 1.807) is 40.0 Å². The van der Waals surface area contributed by atoms with Crippen molar-refractivity contribution >= 4 is 42.6 Å². The number of carbonyl (C=O) groups is 1. The normalized spacial score (nSPS) is 14.9. The lowest BCUT2D eigenvalue weighted by Gasteiger charge is -2.33. The van der Waals surface area contributed by atoms with E-state index in [1.165, 1.54) is 22.8 Å². The van der Waals surface area contributed by atoms with E-state index in [0.717, 1.165) is 10.2 Å². The quantitative estimate of drug-likeness (QED) is 0.284. The number of ether oxygens (including phenoxy) is 2. The van der Waals surface area contributed by atoms with Gasteiger partial charge in [0.05, 0.1) is 29.9 Å². The van der Waals surface area contributed by atoms with Gasteiger partial charge in [0.2, 0.25) is 15.9 Å². The molecule has 0 spiro atoms. The summed E-state index contributed by atoms with van der Waals surface area (Å²) in [5, 5.41) is 4.87. The lowest BCUT2D eigenvalue weighted by atomic mass is 9.96. The molecule has 0 aliphatic carbocycles. The molecule has 0 N–H and O–H groups in total. The Morgan fingerprint density at radius 1 is 1.13 bits per heavy atom. The maximum atomic E-state index is 13.9. The zero-order chi connectivity index (χ0) is 27.4. The third-order valence-electron chi connectivity index (χ3n) is 6.78. The van der Waals surface area contributed by atoms with Gasteiger partial charge in [-0.05, 0) is 62.2 Å². The van der Waals surface area contributed by atoms with Gasteiger partial charge in [-0.1, -0.05) is 17.4 Å². The molecule has 0 radical (unpaired) electrons. The molecular weight excluding hydrogens is 538 g/mol. The number of anilines is 1. The topological polar surface area (TPSA) is 107 Å². The van der Waals surface area contributed by atoms with E-state index >= 15 is 0 Å². The van der Waals surface area contributed by atoms with E-state index < -0.39 is 10.0 Å². The fraction of sp³-hybridized carbons (Fsp3) is 0.370. The van der Waals surface area contributed by atoms with E-state index in [2.05, 4.69) is 5.10 Å². The van der Waals surface area contributed by atoms with Crippen molar-refractivity contribution in [2.45, 2.75) is 31.2 Å². The molecule has 1 saturated heterocycles. The molecule has 10 nitrogen and oxygen atoms in total. The van der Waals surface area contributed by atoms with Crippen molar-refractivity contribution in [2.75, 3.05) is 38.3 Å². The number of aromatic nitrogens is 3. The first-order valence-electron chi connectivity index (χ1n) is 12.9. The Hall–Kier alpha value is -3.48. The van der Waals surface area contributed by atoms with Crippen molar-refractivity contribution in [3.8, 4) is 11.5 Å². The zero-order valence-corrected chi connectivity index (χ0v) is 23.5. The molecule has 3 heterocycles. The van der Waals surface area contributed by atoms with E-state index in [9.17, 15) is 13.2 Å². The second kappa shape index (κ2) is 11.7. The molecule has 5 rings (SSSR count). The van der Waals surface area contributed by atoms with Crippen LogP contribution < -0.4 is 14.4 Å². The molecule has 206 valence electrons. The number of piperidine rings is 1. The van der Waals surface area contributed by atoms with Crippen molar-refractivity contribution < 1.29 is 22.7 Å². The summed E-state index contributed by atoms with van der Waals surface area (Å²) >= 11 is 1.45. The number of rotatable bonds is 10. The van der Waals surface area contributed by atoms with Crippen molar-refractivity contribution in [3.63, 3.8) is 0 Å². The van der Waals surface area contributed by atoms with Gasteiger partial charge in [0.25, 0.3) is 0 Å². The van der Waals surface area contributed by atoms with Crippen LogP contribution in [0.1, 0.15) is 19.8 Å². The molecule has 1 amide bonds. The lowest BCUT2D eigenvalue weighted by molar-refractivity contribution is -0.123. The Morgan fingerprint density at radius 2 is 1.90 bits per heavy atom. The summed E-state index contributed by atoms with van der Waals surface area (Å²) in [7, 11) is -2.12. The first-order chi connectivity index (χ1) is 18.9. The predicted molar refractivity (Wildman–Crippen MR) is 150 cm³/mol. The Kier molecular flexibility index (Phi) is 8.15. The standard InChI is InChI=1S/C27H31N5O5S2/c1-3-37-23-6-4-7-24-25(23)29-27(38-24)32(19-18-30-15-5-14-28-30)26(33)20-12-16-31(17-13-20)39(34,35)22-10-8-21(36-2)9-11-22/h4-11,14-15,20H,3,12-13,16-19H2,1-2H3. The van der Waals surface area contributed by atoms with Gasteiger partial charge in [-0.15, -0.1) is 0 Å². The molecule has 0 bridgehead atoms. The van der Waals surface area contributed by atoms with Crippen molar-refractivity contribution in [1.29, 1.82) is 0 Å². The molecule has 0 saturated carbocycles. The molecule has 39 heavy (non-hydrogen) atoms. The van der Waals surface area contributed by atoms with E-state index in [-0.39, 0.29) is 29.8 Å². The van der Waals surface area contributed by atoms with Gasteiger partial charge in [-0.25, -0.2) is 13.4 Å². The van der Waals surface area contributed by atoms with E-state index in [1.807, 2.05) is 37.4 Å². The number of carbonyl (C=O) groups excluding carboxylic acids is 1. The number of sulfonamides is 1. The summed E-state index contributed by atoms with van der Waals surface area (Å²) in [6, 6.07) is 14.0. The minimum atomic E-state index is -3.66. The van der Waals surface area contributed by atoms with Gasteiger partial charge in [-0.2, -0.15) is 9.40 Å². The number of thiazole rings is 1. The molecular formula is C27H31N5O5S2. The van der Waals surface area contributed by atoms with Crippen LogP contribution in [0.25, 0.3) is 10.2 Å². The fourth-order valence-electron chi connectivity index (χ4n) is 4.69. The molecule has 2 aromatic heterocycles. The summed E-state index contributed by atoms with van der Waals surface area (Å²) < 4.78 is 41.5. The summed E-state index contributed by atoms with van der Waals surface area (Å²) in [5.74, 6) is 0.912. The van der Waals surface area contributed by atoms with Crippen LogP contribution in [0.3, 0.4) is 0 Å². The van der Waals surface area contributed by atoms with Gasteiger partial charge in [-0.3, -0.25) is 14.4 Å². The zero-order valence-electron chi connectivity index (χ0n) is 21.9. The number of fused-ring (bicyclic) bond motifs is 1. The summed E-state index contributed by atoms with van der Waals surface area (Å²) in [6.07, 6.45) is 4.43. The van der Waals surface area contributed by atoms with Crippen molar-refractivity contribution in [3.05, 3.63) is 60.9 Å². The number of benzene rings is 2. The Labute approximate surface area is 231 Å². The second-order valence-corrected chi connectivity index (χ2v) is 12.1. The number of hydrogen-bond acceptors (Lipinski definition) is 8. The highest BCUT2D eigenvalue weighted by Gasteiger charge is 2.35. The van der Waals surface area contributed by atoms with Crippen LogP contribution in [0.5, 0.6) is 11.5 Å². The second-order valence-electron chi connectivity index (χ2n) is 9.15. The Bertz CT molecular complexity index is 1510. The molecule has 2 aromatic carbocycles. The highest BCUT2D eigenvalue weighted by atomic mass is 32.2. The summed E-state index contributed by atoms with van der Waals surface area (Å²) in [5.41, 5.74) is 0.733. The molecule has 4 aromatic rings. The highest BCUT2D eigenvalue weighted by molar-refractivity contribution is 7.89. The number of hydrogen-bond donors (Lipinski definition) is 0. The lowest BCUT2D eigenvalue weighted by Crippen LogP contribution is -2.45. The highest BCUT2D eigenvalue weighted by Crippen LogP contribution is 2.36. The fourth-order valence-corrected chi connectivity index (χ4v) is 7.18. The van der Waals surface area contributed by atoms with Crippen LogP contribution >= 0.6 is 11.3 Å². The number of methoxy groups -OCH3 is 1. The average molecular weight is 570 g/mol. The largest absolute Gasteiger partial charge is 0.497 e. The predicted octanol–water partition coefficient (Wildman–Crippen LogP) is 4.03. The van der Waals surface area contributed by atoms with Crippen LogP contribution in [-0.4, -0.2) is 66.7 Å². The molecule has 12 heteroatoms. The maximum absolute atomic E-state index is 13.9. The van der Waals surface area contributed by atoms with E-state index in [4.69, 9.17) is 14.5 Å².